The van der Waals surface area contributed by atoms with E-state index in [1.54, 1.807) is 42.7 Å². The number of hydrogen-bond donors (Lipinski definition) is 2. The summed E-state index contributed by atoms with van der Waals surface area (Å²) in [6.45, 7) is 4.54. The van der Waals surface area contributed by atoms with Gasteiger partial charge in [0.1, 0.15) is 11.5 Å². The third-order valence-corrected chi connectivity index (χ3v) is 3.88. The number of aliphatic hydroxyl groups excluding tert-OH is 1. The highest BCUT2D eigenvalue weighted by Crippen LogP contribution is 2.30. The molecule has 0 radical (unpaired) electrons. The van der Waals surface area contributed by atoms with Crippen LogP contribution >= 0.6 is 11.6 Å². The fourth-order valence-electron chi connectivity index (χ4n) is 2.07. The topological polar surface area (TPSA) is 71.5 Å². The number of benzene rings is 1. The van der Waals surface area contributed by atoms with Crippen LogP contribution in [-0.2, 0) is 0 Å². The fourth-order valence-corrected chi connectivity index (χ4v) is 2.29. The van der Waals surface area contributed by atoms with Gasteiger partial charge in [-0.2, -0.15) is 0 Å². The lowest BCUT2D eigenvalue weighted by atomic mass is 9.89. The molecule has 0 unspecified atom stereocenters. The van der Waals surface area contributed by atoms with Crippen molar-refractivity contribution in [1.29, 1.82) is 0 Å². The Kier molecular flexibility index (Phi) is 6.17. The molecule has 0 spiro atoms. The van der Waals surface area contributed by atoms with Gasteiger partial charge in [-0.25, -0.2) is 0 Å². The molecule has 1 amide bonds. The molecule has 2 N–H and O–H groups in total. The van der Waals surface area contributed by atoms with Gasteiger partial charge in [0.2, 0.25) is 0 Å². The normalized spacial score (nSPS) is 11.2. The van der Waals surface area contributed by atoms with Crippen LogP contribution in [0.15, 0.2) is 42.7 Å². The Hall–Kier alpha value is -2.11. The summed E-state index contributed by atoms with van der Waals surface area (Å²) in [7, 11) is 0. The number of aliphatic hydroxyl groups is 1. The van der Waals surface area contributed by atoms with E-state index < -0.39 is 0 Å². The summed E-state index contributed by atoms with van der Waals surface area (Å²) in [4.78, 5) is 16.2. The Morgan fingerprint density at radius 3 is 2.62 bits per heavy atom. The van der Waals surface area contributed by atoms with E-state index in [-0.39, 0.29) is 17.9 Å². The number of hydrogen-bond acceptors (Lipinski definition) is 4. The molecule has 1 aromatic heterocycles. The number of carbonyl (C=O) groups excluding carboxylic acids is 1. The predicted molar refractivity (Wildman–Crippen MR) is 93.6 cm³/mol. The van der Waals surface area contributed by atoms with Gasteiger partial charge in [-0.3, -0.25) is 9.78 Å². The minimum absolute atomic E-state index is 0.0930. The first-order valence-electron chi connectivity index (χ1n) is 7.68. The zero-order valence-corrected chi connectivity index (χ0v) is 14.5. The van der Waals surface area contributed by atoms with Crippen molar-refractivity contribution >= 4 is 17.5 Å². The molecule has 0 atom stereocenters. The van der Waals surface area contributed by atoms with E-state index >= 15 is 0 Å². The number of aromatic nitrogens is 1. The summed E-state index contributed by atoms with van der Waals surface area (Å²) >= 11 is 6.21. The third-order valence-electron chi connectivity index (χ3n) is 3.59. The van der Waals surface area contributed by atoms with Crippen LogP contribution in [0.1, 0.15) is 30.6 Å². The molecule has 0 fully saturated rings. The molecule has 6 heteroatoms. The van der Waals surface area contributed by atoms with Gasteiger partial charge < -0.3 is 15.2 Å². The lowest BCUT2D eigenvalue weighted by Crippen LogP contribution is -2.34. The average molecular weight is 349 g/mol. The maximum absolute atomic E-state index is 12.2. The Balaban J connectivity index is 2.02. The van der Waals surface area contributed by atoms with Crippen LogP contribution in [0, 0.1) is 5.41 Å². The van der Waals surface area contributed by atoms with Crippen molar-refractivity contribution in [2.75, 3.05) is 13.2 Å². The average Bonchev–Trinajstić information content (AvgIpc) is 2.55. The first kappa shape index (κ1) is 18.2. The molecule has 0 saturated carbocycles. The Morgan fingerprint density at radius 2 is 2.00 bits per heavy atom. The Labute approximate surface area is 146 Å². The highest BCUT2D eigenvalue weighted by molar-refractivity contribution is 6.32. The van der Waals surface area contributed by atoms with Crippen LogP contribution in [0.25, 0.3) is 0 Å². The number of nitrogens with zero attached hydrogens (tertiary/aromatic N) is 1. The van der Waals surface area contributed by atoms with Crippen molar-refractivity contribution < 1.29 is 14.6 Å². The highest BCUT2D eigenvalue weighted by atomic mass is 35.5. The standard InChI is InChI=1S/C18H21ClN2O3/c1-18(2,7-10-22)12-21-17(23)13-3-4-16(15(19)11-13)24-14-5-8-20-9-6-14/h3-6,8-9,11,22H,7,10,12H2,1-2H3,(H,21,23). The van der Waals surface area contributed by atoms with Crippen LogP contribution in [0.3, 0.4) is 0 Å². The number of pyridine rings is 1. The number of halogens is 1. The van der Waals surface area contributed by atoms with Gasteiger partial charge in [-0.05, 0) is 42.2 Å². The van der Waals surface area contributed by atoms with Crippen LogP contribution < -0.4 is 10.1 Å². The van der Waals surface area contributed by atoms with Crippen molar-refractivity contribution in [3.8, 4) is 11.5 Å². The summed E-state index contributed by atoms with van der Waals surface area (Å²) in [5.74, 6) is 0.883. The van der Waals surface area contributed by atoms with Gasteiger partial charge >= 0.3 is 0 Å². The number of ether oxygens (including phenoxy) is 1. The van der Waals surface area contributed by atoms with Gasteiger partial charge in [-0.15, -0.1) is 0 Å². The van der Waals surface area contributed by atoms with Crippen molar-refractivity contribution in [3.63, 3.8) is 0 Å². The third kappa shape index (κ3) is 5.22. The predicted octanol–water partition coefficient (Wildman–Crippen LogP) is 3.67. The zero-order chi connectivity index (χ0) is 17.6. The summed E-state index contributed by atoms with van der Waals surface area (Å²) in [6, 6.07) is 8.35. The van der Waals surface area contributed by atoms with Crippen LogP contribution in [-0.4, -0.2) is 29.1 Å². The van der Waals surface area contributed by atoms with E-state index in [0.29, 0.717) is 35.1 Å². The first-order chi connectivity index (χ1) is 11.4. The molecule has 0 bridgehead atoms. The van der Waals surface area contributed by atoms with Crippen LogP contribution in [0.4, 0.5) is 0 Å². The second-order valence-electron chi connectivity index (χ2n) is 6.25. The van der Waals surface area contributed by atoms with E-state index in [1.807, 2.05) is 13.8 Å². The van der Waals surface area contributed by atoms with Gasteiger partial charge in [0, 0.05) is 31.1 Å². The quantitative estimate of drug-likeness (QED) is 0.801. The summed E-state index contributed by atoms with van der Waals surface area (Å²) in [5, 5.41) is 12.2. The number of rotatable bonds is 7. The molecule has 0 aliphatic rings. The van der Waals surface area contributed by atoms with Crippen molar-refractivity contribution in [2.24, 2.45) is 5.41 Å². The van der Waals surface area contributed by atoms with Gasteiger partial charge in [0.15, 0.2) is 0 Å². The second-order valence-corrected chi connectivity index (χ2v) is 6.66. The van der Waals surface area contributed by atoms with Crippen molar-refractivity contribution in [1.82, 2.24) is 10.3 Å². The Bertz CT molecular complexity index is 690. The molecule has 5 nitrogen and oxygen atoms in total. The first-order valence-corrected chi connectivity index (χ1v) is 8.05. The molecular formula is C18H21ClN2O3. The minimum atomic E-state index is -0.210. The molecular weight excluding hydrogens is 328 g/mol. The largest absolute Gasteiger partial charge is 0.456 e. The summed E-state index contributed by atoms with van der Waals surface area (Å²) < 4.78 is 5.66. The number of carbonyl (C=O) groups is 1. The molecule has 0 saturated heterocycles. The van der Waals surface area contributed by atoms with Crippen LogP contribution in [0.2, 0.25) is 5.02 Å². The van der Waals surface area contributed by atoms with Crippen molar-refractivity contribution in [2.45, 2.75) is 20.3 Å². The van der Waals surface area contributed by atoms with E-state index in [4.69, 9.17) is 21.4 Å². The van der Waals surface area contributed by atoms with Crippen LogP contribution in [0.5, 0.6) is 11.5 Å². The fraction of sp³-hybridized carbons (Fsp3) is 0.333. The maximum Gasteiger partial charge on any atom is 0.251 e. The van der Waals surface area contributed by atoms with Gasteiger partial charge in [-0.1, -0.05) is 25.4 Å². The zero-order valence-electron chi connectivity index (χ0n) is 13.8. The van der Waals surface area contributed by atoms with Gasteiger partial charge in [0.25, 0.3) is 5.91 Å². The van der Waals surface area contributed by atoms with Crippen molar-refractivity contribution in [3.05, 3.63) is 53.3 Å². The van der Waals surface area contributed by atoms with Gasteiger partial charge in [0.05, 0.1) is 5.02 Å². The lowest BCUT2D eigenvalue weighted by molar-refractivity contribution is 0.0928. The maximum atomic E-state index is 12.2. The second kappa shape index (κ2) is 8.13. The minimum Gasteiger partial charge on any atom is -0.456 e. The summed E-state index contributed by atoms with van der Waals surface area (Å²) in [5.41, 5.74) is 0.292. The van der Waals surface area contributed by atoms with E-state index in [2.05, 4.69) is 10.3 Å². The van der Waals surface area contributed by atoms with E-state index in [9.17, 15) is 4.79 Å². The lowest BCUT2D eigenvalue weighted by Gasteiger charge is -2.23. The smallest absolute Gasteiger partial charge is 0.251 e. The number of amides is 1. The molecule has 128 valence electrons. The molecule has 0 aliphatic heterocycles. The molecule has 1 heterocycles. The molecule has 1 aromatic carbocycles. The number of nitrogens with one attached hydrogen (secondary N) is 1. The monoisotopic (exact) mass is 348 g/mol. The molecule has 0 aliphatic carbocycles. The Morgan fingerprint density at radius 1 is 1.29 bits per heavy atom. The molecule has 2 rings (SSSR count). The van der Waals surface area contributed by atoms with E-state index in [0.717, 1.165) is 0 Å². The molecule has 24 heavy (non-hydrogen) atoms. The molecule has 2 aromatic rings. The highest BCUT2D eigenvalue weighted by Gasteiger charge is 2.19. The van der Waals surface area contributed by atoms with E-state index in [1.165, 1.54) is 0 Å². The SMILES string of the molecule is CC(C)(CCO)CNC(=O)c1ccc(Oc2ccncc2)c(Cl)c1. The summed E-state index contributed by atoms with van der Waals surface area (Å²) in [6.07, 6.45) is 3.87.